The number of nitrogens with one attached hydrogen (secondary N) is 1. The predicted molar refractivity (Wildman–Crippen MR) is 59.6 cm³/mol. The van der Waals surface area contributed by atoms with Crippen LogP contribution in [0.1, 0.15) is 6.42 Å². The van der Waals surface area contributed by atoms with Crippen molar-refractivity contribution in [2.75, 3.05) is 46.8 Å². The number of hydrogen-bond donors (Lipinski definition) is 1. The third-order valence-electron chi connectivity index (χ3n) is 3.51. The average Bonchev–Trinajstić information content (AvgIpc) is 2.62. The summed E-state index contributed by atoms with van der Waals surface area (Å²) >= 11 is 0. The van der Waals surface area contributed by atoms with Crippen LogP contribution in [0.4, 0.5) is 0 Å². The van der Waals surface area contributed by atoms with Crippen LogP contribution in [0.2, 0.25) is 0 Å². The van der Waals surface area contributed by atoms with E-state index in [1.54, 1.807) is 0 Å². The van der Waals surface area contributed by atoms with E-state index in [9.17, 15) is 4.79 Å². The molecular formula is C11H21N3O. The molecule has 0 aliphatic carbocycles. The van der Waals surface area contributed by atoms with Crippen molar-refractivity contribution in [2.45, 2.75) is 6.42 Å². The molecule has 86 valence electrons. The fourth-order valence-electron chi connectivity index (χ4n) is 2.63. The first-order valence-corrected chi connectivity index (χ1v) is 5.80. The Hall–Kier alpha value is -0.610. The molecule has 2 aliphatic heterocycles. The Bertz CT molecular complexity index is 242. The monoisotopic (exact) mass is 211 g/mol. The highest BCUT2D eigenvalue weighted by Crippen LogP contribution is 2.26. The van der Waals surface area contributed by atoms with E-state index in [1.165, 1.54) is 6.42 Å². The minimum Gasteiger partial charge on any atom is -0.341 e. The summed E-state index contributed by atoms with van der Waals surface area (Å²) in [7, 11) is 3.89. The van der Waals surface area contributed by atoms with Gasteiger partial charge in [0.25, 0.3) is 0 Å². The van der Waals surface area contributed by atoms with Gasteiger partial charge in [0.15, 0.2) is 0 Å². The van der Waals surface area contributed by atoms with Gasteiger partial charge in [-0.2, -0.15) is 0 Å². The van der Waals surface area contributed by atoms with Gasteiger partial charge < -0.3 is 15.1 Å². The molecule has 0 aromatic heterocycles. The summed E-state index contributed by atoms with van der Waals surface area (Å²) in [5.41, 5.74) is 0. The average molecular weight is 211 g/mol. The summed E-state index contributed by atoms with van der Waals surface area (Å²) in [6, 6.07) is 0. The first kappa shape index (κ1) is 10.9. The van der Waals surface area contributed by atoms with E-state index < -0.39 is 0 Å². The van der Waals surface area contributed by atoms with Crippen LogP contribution in [0, 0.1) is 11.8 Å². The van der Waals surface area contributed by atoms with Crippen LogP contribution in [0.15, 0.2) is 0 Å². The molecule has 2 saturated heterocycles. The lowest BCUT2D eigenvalue weighted by Crippen LogP contribution is -2.46. The van der Waals surface area contributed by atoms with Crippen molar-refractivity contribution in [2.24, 2.45) is 11.8 Å². The highest BCUT2D eigenvalue weighted by molar-refractivity contribution is 5.78. The minimum atomic E-state index is 0.283. The van der Waals surface area contributed by atoms with Crippen LogP contribution in [0.25, 0.3) is 0 Å². The van der Waals surface area contributed by atoms with Gasteiger partial charge >= 0.3 is 0 Å². The molecule has 2 unspecified atom stereocenters. The van der Waals surface area contributed by atoms with E-state index in [1.807, 2.05) is 23.9 Å². The van der Waals surface area contributed by atoms with Crippen LogP contribution < -0.4 is 5.32 Å². The summed E-state index contributed by atoms with van der Waals surface area (Å²) in [5.74, 6) is 1.80. The zero-order valence-corrected chi connectivity index (χ0v) is 9.70. The Balaban J connectivity index is 1.86. The number of piperidine rings is 1. The summed E-state index contributed by atoms with van der Waals surface area (Å²) in [5, 5.41) is 3.42. The molecule has 2 fully saturated rings. The van der Waals surface area contributed by atoms with Gasteiger partial charge in [-0.25, -0.2) is 0 Å². The van der Waals surface area contributed by atoms with Crippen LogP contribution in [-0.2, 0) is 4.79 Å². The summed E-state index contributed by atoms with van der Waals surface area (Å²) < 4.78 is 0. The van der Waals surface area contributed by atoms with E-state index >= 15 is 0 Å². The van der Waals surface area contributed by atoms with Crippen molar-refractivity contribution >= 4 is 5.91 Å². The maximum absolute atomic E-state index is 11.9. The smallest absolute Gasteiger partial charge is 0.236 e. The molecule has 0 saturated carbocycles. The number of nitrogens with zero attached hydrogens (tertiary/aromatic N) is 2. The number of hydrogen-bond acceptors (Lipinski definition) is 3. The molecule has 4 heteroatoms. The van der Waals surface area contributed by atoms with Crippen molar-refractivity contribution in [3.05, 3.63) is 0 Å². The Labute approximate surface area is 91.6 Å². The maximum Gasteiger partial charge on any atom is 0.236 e. The van der Waals surface area contributed by atoms with Gasteiger partial charge in [0.05, 0.1) is 6.54 Å². The van der Waals surface area contributed by atoms with E-state index in [2.05, 4.69) is 5.32 Å². The molecule has 2 aliphatic rings. The SMILES string of the molecule is CN(C)CC(=O)N1CCC2CNCC2C1. The quantitative estimate of drug-likeness (QED) is 0.676. The van der Waals surface area contributed by atoms with Crippen LogP contribution in [-0.4, -0.2) is 62.5 Å². The zero-order valence-electron chi connectivity index (χ0n) is 9.70. The lowest BCUT2D eigenvalue weighted by Gasteiger charge is -2.35. The first-order chi connectivity index (χ1) is 7.16. The lowest BCUT2D eigenvalue weighted by atomic mass is 9.89. The van der Waals surface area contributed by atoms with Crippen LogP contribution in [0.5, 0.6) is 0 Å². The van der Waals surface area contributed by atoms with Gasteiger partial charge in [0.2, 0.25) is 5.91 Å². The summed E-state index contributed by atoms with van der Waals surface area (Å²) in [4.78, 5) is 15.8. The summed E-state index contributed by atoms with van der Waals surface area (Å²) in [6.07, 6.45) is 1.18. The van der Waals surface area contributed by atoms with E-state index in [0.717, 1.165) is 32.1 Å². The largest absolute Gasteiger partial charge is 0.341 e. The highest BCUT2D eigenvalue weighted by Gasteiger charge is 2.34. The zero-order chi connectivity index (χ0) is 10.8. The molecule has 1 amide bonds. The Kier molecular flexibility index (Phi) is 3.26. The van der Waals surface area contributed by atoms with E-state index in [0.29, 0.717) is 12.5 Å². The topological polar surface area (TPSA) is 35.6 Å². The molecule has 0 aromatic rings. The molecule has 0 aromatic carbocycles. The second-order valence-corrected chi connectivity index (χ2v) is 5.04. The third-order valence-corrected chi connectivity index (χ3v) is 3.51. The molecule has 0 spiro atoms. The molecule has 4 nitrogen and oxygen atoms in total. The minimum absolute atomic E-state index is 0.283. The first-order valence-electron chi connectivity index (χ1n) is 5.80. The number of likely N-dealkylation sites (N-methyl/N-ethyl adjacent to an activating group) is 1. The molecule has 1 N–H and O–H groups in total. The fourth-order valence-corrected chi connectivity index (χ4v) is 2.63. The van der Waals surface area contributed by atoms with Crippen molar-refractivity contribution in [3.63, 3.8) is 0 Å². The maximum atomic E-state index is 11.9. The molecule has 0 radical (unpaired) electrons. The molecular weight excluding hydrogens is 190 g/mol. The molecule has 15 heavy (non-hydrogen) atoms. The van der Waals surface area contributed by atoms with Crippen molar-refractivity contribution in [1.82, 2.24) is 15.1 Å². The Morgan fingerprint density at radius 3 is 2.87 bits per heavy atom. The van der Waals surface area contributed by atoms with Crippen molar-refractivity contribution in [1.29, 1.82) is 0 Å². The van der Waals surface area contributed by atoms with Gasteiger partial charge in [-0.1, -0.05) is 0 Å². The number of amides is 1. The number of rotatable bonds is 2. The second kappa shape index (κ2) is 4.49. The normalized spacial score (nSPS) is 30.7. The number of likely N-dealkylation sites (tertiary alicyclic amines) is 1. The third kappa shape index (κ3) is 2.49. The van der Waals surface area contributed by atoms with Gasteiger partial charge in [-0.3, -0.25) is 4.79 Å². The molecule has 0 bridgehead atoms. The van der Waals surface area contributed by atoms with Crippen LogP contribution >= 0.6 is 0 Å². The van der Waals surface area contributed by atoms with E-state index in [4.69, 9.17) is 0 Å². The lowest BCUT2D eigenvalue weighted by molar-refractivity contribution is -0.134. The number of carbonyl (C=O) groups excluding carboxylic acids is 1. The highest BCUT2D eigenvalue weighted by atomic mass is 16.2. The predicted octanol–water partition coefficient (Wildman–Crippen LogP) is -0.384. The number of fused-ring (bicyclic) bond motifs is 1. The number of carbonyl (C=O) groups is 1. The van der Waals surface area contributed by atoms with Gasteiger partial charge in [0, 0.05) is 13.1 Å². The van der Waals surface area contributed by atoms with Crippen LogP contribution in [0.3, 0.4) is 0 Å². The molecule has 2 rings (SSSR count). The van der Waals surface area contributed by atoms with Crippen molar-refractivity contribution in [3.8, 4) is 0 Å². The molecule has 2 atom stereocenters. The van der Waals surface area contributed by atoms with Crippen molar-refractivity contribution < 1.29 is 4.79 Å². The Morgan fingerprint density at radius 1 is 1.40 bits per heavy atom. The fraction of sp³-hybridized carbons (Fsp3) is 0.909. The second-order valence-electron chi connectivity index (χ2n) is 5.04. The summed E-state index contributed by atoms with van der Waals surface area (Å²) in [6.45, 7) is 4.71. The van der Waals surface area contributed by atoms with E-state index in [-0.39, 0.29) is 5.91 Å². The van der Waals surface area contributed by atoms with Gasteiger partial charge in [-0.05, 0) is 45.4 Å². The standard InChI is InChI=1S/C11H21N3O/c1-13(2)8-11(15)14-4-3-9-5-12-6-10(9)7-14/h9-10,12H,3-8H2,1-2H3. The Morgan fingerprint density at radius 2 is 2.13 bits per heavy atom. The van der Waals surface area contributed by atoms with Gasteiger partial charge in [-0.15, -0.1) is 0 Å². The van der Waals surface area contributed by atoms with Gasteiger partial charge in [0.1, 0.15) is 0 Å². The molecule has 2 heterocycles.